The maximum atomic E-state index is 13.2. The molecule has 2 unspecified atom stereocenters. The Labute approximate surface area is 203 Å². The first-order chi connectivity index (χ1) is 16.9. The van der Waals surface area contributed by atoms with Gasteiger partial charge in [-0.25, -0.2) is 9.59 Å². The summed E-state index contributed by atoms with van der Waals surface area (Å²) in [5, 5.41) is 22.0. The zero-order valence-electron chi connectivity index (χ0n) is 19.6. The highest BCUT2D eigenvalue weighted by Crippen LogP contribution is 2.44. The standard InChI is InChI=1S/C26H30N2O7/c1-34-12-6-11-22(24(30)28-14-16(29)13-23(28)25(31)32)27-26(33)35-15-21-19-9-4-2-7-17(19)18-8-3-5-10-20(18)21/h2-5,7-10,16,21-23,29H,6,11-15H2,1H3,(H,27,33)(H,31,32)/t16?,22?,23-/m0/s1. The zero-order chi connectivity index (χ0) is 24.9. The Morgan fingerprint density at radius 3 is 2.31 bits per heavy atom. The molecule has 1 aliphatic carbocycles. The van der Waals surface area contributed by atoms with Gasteiger partial charge < -0.3 is 29.9 Å². The summed E-state index contributed by atoms with van der Waals surface area (Å²) in [4.78, 5) is 38.6. The normalized spacial score (nSPS) is 19.7. The van der Waals surface area contributed by atoms with Crippen LogP contribution in [0.15, 0.2) is 48.5 Å². The number of nitrogens with zero attached hydrogens (tertiary/aromatic N) is 1. The molecule has 9 heteroatoms. The Hall–Kier alpha value is -3.43. The van der Waals surface area contributed by atoms with Crippen LogP contribution in [-0.2, 0) is 19.1 Å². The number of carboxylic acid groups (broad SMARTS) is 1. The third-order valence-electron chi connectivity index (χ3n) is 6.62. The molecular formula is C26H30N2O7. The van der Waals surface area contributed by atoms with Gasteiger partial charge in [0.05, 0.1) is 6.10 Å². The number of ether oxygens (including phenoxy) is 2. The van der Waals surface area contributed by atoms with Gasteiger partial charge in [0.15, 0.2) is 0 Å². The van der Waals surface area contributed by atoms with Crippen LogP contribution < -0.4 is 5.32 Å². The smallest absolute Gasteiger partial charge is 0.407 e. The number of aliphatic carboxylic acids is 1. The van der Waals surface area contributed by atoms with Gasteiger partial charge in [0, 0.05) is 32.6 Å². The number of carboxylic acids is 1. The van der Waals surface area contributed by atoms with E-state index in [1.165, 1.54) is 7.11 Å². The first-order valence-electron chi connectivity index (χ1n) is 11.7. The summed E-state index contributed by atoms with van der Waals surface area (Å²) in [6, 6.07) is 13.8. The Bertz CT molecular complexity index is 1040. The number of likely N-dealkylation sites (tertiary alicyclic amines) is 1. The van der Waals surface area contributed by atoms with Crippen molar-refractivity contribution in [1.82, 2.24) is 10.2 Å². The highest BCUT2D eigenvalue weighted by atomic mass is 16.5. The van der Waals surface area contributed by atoms with E-state index in [4.69, 9.17) is 9.47 Å². The van der Waals surface area contributed by atoms with Gasteiger partial charge in [-0.1, -0.05) is 48.5 Å². The number of aliphatic hydroxyl groups is 1. The van der Waals surface area contributed by atoms with Gasteiger partial charge in [-0.3, -0.25) is 4.79 Å². The summed E-state index contributed by atoms with van der Waals surface area (Å²) >= 11 is 0. The minimum atomic E-state index is -1.19. The van der Waals surface area contributed by atoms with Crippen molar-refractivity contribution in [3.8, 4) is 11.1 Å². The molecule has 1 heterocycles. The quantitative estimate of drug-likeness (QED) is 0.469. The summed E-state index contributed by atoms with van der Waals surface area (Å²) in [5.74, 6) is -1.87. The van der Waals surface area contributed by atoms with E-state index in [2.05, 4.69) is 5.32 Å². The molecule has 0 aromatic heterocycles. The minimum absolute atomic E-state index is 0.0448. The first kappa shape index (κ1) is 24.7. The van der Waals surface area contributed by atoms with Crippen molar-refractivity contribution in [2.75, 3.05) is 26.9 Å². The average Bonchev–Trinajstić information content (AvgIpc) is 3.40. The van der Waals surface area contributed by atoms with E-state index in [-0.39, 0.29) is 31.9 Å². The number of carbonyl (C=O) groups is 3. The molecule has 0 bridgehead atoms. The fourth-order valence-corrected chi connectivity index (χ4v) is 4.96. The molecule has 2 amide bonds. The lowest BCUT2D eigenvalue weighted by molar-refractivity contribution is -0.149. The molecule has 0 saturated carbocycles. The molecule has 3 N–H and O–H groups in total. The third-order valence-corrected chi connectivity index (χ3v) is 6.62. The second-order valence-corrected chi connectivity index (χ2v) is 8.89. The average molecular weight is 483 g/mol. The van der Waals surface area contributed by atoms with Gasteiger partial charge >= 0.3 is 12.1 Å². The number of hydrogen-bond acceptors (Lipinski definition) is 6. The molecule has 2 aromatic carbocycles. The van der Waals surface area contributed by atoms with Crippen LogP contribution in [0.4, 0.5) is 4.79 Å². The number of β-amino-alcohol motifs (C(OH)–C–C–N with tert-alkyl or cyclic N) is 1. The van der Waals surface area contributed by atoms with E-state index in [1.54, 1.807) is 0 Å². The van der Waals surface area contributed by atoms with Crippen LogP contribution in [0.3, 0.4) is 0 Å². The fraction of sp³-hybridized carbons (Fsp3) is 0.423. The Balaban J connectivity index is 1.44. The van der Waals surface area contributed by atoms with Crippen LogP contribution in [0.5, 0.6) is 0 Å². The highest BCUT2D eigenvalue weighted by molar-refractivity contribution is 5.90. The summed E-state index contributed by atoms with van der Waals surface area (Å²) in [7, 11) is 1.53. The Morgan fingerprint density at radius 2 is 1.71 bits per heavy atom. The summed E-state index contributed by atoms with van der Waals surface area (Å²) in [6.07, 6.45) is -1.000. The SMILES string of the molecule is COCCCC(NC(=O)OCC1c2ccccc2-c2ccccc21)C(=O)N1CC(O)C[C@H]1C(=O)O. The lowest BCUT2D eigenvalue weighted by Crippen LogP contribution is -2.52. The highest BCUT2D eigenvalue weighted by Gasteiger charge is 2.41. The molecule has 35 heavy (non-hydrogen) atoms. The predicted molar refractivity (Wildman–Crippen MR) is 127 cm³/mol. The van der Waals surface area contributed by atoms with E-state index in [0.29, 0.717) is 13.0 Å². The van der Waals surface area contributed by atoms with E-state index in [0.717, 1.165) is 27.2 Å². The maximum Gasteiger partial charge on any atom is 0.407 e. The fourth-order valence-electron chi connectivity index (χ4n) is 4.96. The van der Waals surface area contributed by atoms with Gasteiger partial charge in [-0.05, 0) is 35.1 Å². The lowest BCUT2D eigenvalue weighted by atomic mass is 9.98. The molecule has 1 aliphatic heterocycles. The van der Waals surface area contributed by atoms with E-state index in [1.807, 2.05) is 48.5 Å². The van der Waals surface area contributed by atoms with Crippen molar-refractivity contribution >= 4 is 18.0 Å². The maximum absolute atomic E-state index is 13.2. The molecule has 0 radical (unpaired) electrons. The number of methoxy groups -OCH3 is 1. The number of benzene rings is 2. The monoisotopic (exact) mass is 482 g/mol. The van der Waals surface area contributed by atoms with Crippen molar-refractivity contribution in [2.45, 2.75) is 43.4 Å². The molecule has 3 atom stereocenters. The van der Waals surface area contributed by atoms with Crippen molar-refractivity contribution < 1.29 is 34.1 Å². The zero-order valence-corrected chi connectivity index (χ0v) is 19.6. The summed E-state index contributed by atoms with van der Waals surface area (Å²) < 4.78 is 10.6. The molecule has 4 rings (SSSR count). The summed E-state index contributed by atoms with van der Waals surface area (Å²) in [6.45, 7) is 0.378. The number of alkyl carbamates (subject to hydrolysis) is 1. The first-order valence-corrected chi connectivity index (χ1v) is 11.7. The predicted octanol–water partition coefficient (Wildman–Crippen LogP) is 2.37. The summed E-state index contributed by atoms with van der Waals surface area (Å²) in [5.41, 5.74) is 4.36. The van der Waals surface area contributed by atoms with Gasteiger partial charge in [-0.15, -0.1) is 0 Å². The third kappa shape index (κ3) is 5.31. The van der Waals surface area contributed by atoms with Crippen molar-refractivity contribution in [2.24, 2.45) is 0 Å². The van der Waals surface area contributed by atoms with Crippen molar-refractivity contribution in [3.63, 3.8) is 0 Å². The van der Waals surface area contributed by atoms with Gasteiger partial charge in [0.2, 0.25) is 5.91 Å². The number of carbonyl (C=O) groups excluding carboxylic acids is 2. The minimum Gasteiger partial charge on any atom is -0.480 e. The van der Waals surface area contributed by atoms with Crippen LogP contribution >= 0.6 is 0 Å². The molecular weight excluding hydrogens is 452 g/mol. The number of nitrogens with one attached hydrogen (secondary N) is 1. The molecule has 0 spiro atoms. The molecule has 2 aromatic rings. The van der Waals surface area contributed by atoms with Crippen LogP contribution in [0.1, 0.15) is 36.3 Å². The van der Waals surface area contributed by atoms with Crippen LogP contribution in [0.2, 0.25) is 0 Å². The van der Waals surface area contributed by atoms with E-state index >= 15 is 0 Å². The number of fused-ring (bicyclic) bond motifs is 3. The molecule has 1 saturated heterocycles. The second kappa shape index (κ2) is 10.9. The number of hydrogen-bond donors (Lipinski definition) is 3. The number of rotatable bonds is 9. The van der Waals surface area contributed by atoms with Gasteiger partial charge in [0.25, 0.3) is 0 Å². The molecule has 1 fully saturated rings. The topological polar surface area (TPSA) is 125 Å². The van der Waals surface area contributed by atoms with Crippen LogP contribution in [-0.4, -0.2) is 78.1 Å². The van der Waals surface area contributed by atoms with E-state index in [9.17, 15) is 24.6 Å². The Morgan fingerprint density at radius 1 is 1.09 bits per heavy atom. The van der Waals surface area contributed by atoms with Crippen molar-refractivity contribution in [1.29, 1.82) is 0 Å². The lowest BCUT2D eigenvalue weighted by Gasteiger charge is -2.27. The Kier molecular flexibility index (Phi) is 7.67. The van der Waals surface area contributed by atoms with Crippen LogP contribution in [0, 0.1) is 0 Å². The van der Waals surface area contributed by atoms with Crippen molar-refractivity contribution in [3.05, 3.63) is 59.7 Å². The second-order valence-electron chi connectivity index (χ2n) is 8.89. The van der Waals surface area contributed by atoms with Crippen LogP contribution in [0.25, 0.3) is 11.1 Å². The molecule has 2 aliphatic rings. The molecule has 9 nitrogen and oxygen atoms in total. The van der Waals surface area contributed by atoms with Gasteiger partial charge in [0.1, 0.15) is 18.7 Å². The molecule has 186 valence electrons. The number of amides is 2. The number of aliphatic hydroxyl groups excluding tert-OH is 1. The van der Waals surface area contributed by atoms with Gasteiger partial charge in [-0.2, -0.15) is 0 Å². The van der Waals surface area contributed by atoms with E-state index < -0.39 is 36.2 Å². The largest absolute Gasteiger partial charge is 0.480 e.